The summed E-state index contributed by atoms with van der Waals surface area (Å²) >= 11 is 0. The average Bonchev–Trinajstić information content (AvgIpc) is 2.35. The normalized spacial score (nSPS) is 13.0. The van der Waals surface area contributed by atoms with Gasteiger partial charge in [-0.2, -0.15) is 13.2 Å². The van der Waals surface area contributed by atoms with Crippen LogP contribution in [0.3, 0.4) is 0 Å². The molecule has 19 heavy (non-hydrogen) atoms. The highest BCUT2D eigenvalue weighted by atomic mass is 19.4. The van der Waals surface area contributed by atoms with Crippen molar-refractivity contribution in [1.82, 2.24) is 4.90 Å². The van der Waals surface area contributed by atoms with E-state index in [1.54, 1.807) is 24.3 Å². The molecule has 1 aromatic rings. The van der Waals surface area contributed by atoms with Gasteiger partial charge in [0.1, 0.15) is 6.04 Å². The minimum atomic E-state index is -4.32. The number of benzene rings is 1. The topological polar surface area (TPSA) is 3.24 Å². The Balaban J connectivity index is 2.91. The van der Waals surface area contributed by atoms with E-state index in [1.807, 2.05) is 6.07 Å². The number of hydrogen-bond acceptors (Lipinski definition) is 1. The fourth-order valence-electron chi connectivity index (χ4n) is 1.86. The fourth-order valence-corrected chi connectivity index (χ4v) is 1.86. The SMILES string of the molecule is C#CCN(Cc1ccccc1)C(CC=C)C(F)(F)F. The van der Waals surface area contributed by atoms with Crippen LogP contribution >= 0.6 is 0 Å². The van der Waals surface area contributed by atoms with Gasteiger partial charge in [0, 0.05) is 6.54 Å². The predicted octanol–water partition coefficient (Wildman–Crippen LogP) is 3.63. The van der Waals surface area contributed by atoms with E-state index in [9.17, 15) is 13.2 Å². The fraction of sp³-hybridized carbons (Fsp3) is 0.333. The van der Waals surface area contributed by atoms with Gasteiger partial charge in [-0.3, -0.25) is 4.90 Å². The summed E-state index contributed by atoms with van der Waals surface area (Å²) in [5, 5.41) is 0. The molecule has 0 radical (unpaired) electrons. The monoisotopic (exact) mass is 267 g/mol. The second-order valence-electron chi connectivity index (χ2n) is 4.18. The van der Waals surface area contributed by atoms with Gasteiger partial charge in [0.2, 0.25) is 0 Å². The summed E-state index contributed by atoms with van der Waals surface area (Å²) in [6.45, 7) is 3.51. The van der Waals surface area contributed by atoms with Gasteiger partial charge in [0.15, 0.2) is 0 Å². The Labute approximate surface area is 111 Å². The molecule has 0 saturated carbocycles. The van der Waals surface area contributed by atoms with Gasteiger partial charge in [-0.25, -0.2) is 0 Å². The average molecular weight is 267 g/mol. The molecule has 1 atom stereocenters. The Bertz CT molecular complexity index is 431. The predicted molar refractivity (Wildman–Crippen MR) is 70.3 cm³/mol. The van der Waals surface area contributed by atoms with Gasteiger partial charge >= 0.3 is 6.18 Å². The van der Waals surface area contributed by atoms with E-state index in [1.165, 1.54) is 11.0 Å². The van der Waals surface area contributed by atoms with Gasteiger partial charge in [-0.05, 0) is 12.0 Å². The molecule has 4 heteroatoms. The first-order valence-electron chi connectivity index (χ1n) is 5.88. The molecule has 1 unspecified atom stereocenters. The number of hydrogen-bond donors (Lipinski definition) is 0. The van der Waals surface area contributed by atoms with Crippen LogP contribution in [-0.4, -0.2) is 23.7 Å². The Morgan fingerprint density at radius 2 is 1.95 bits per heavy atom. The van der Waals surface area contributed by atoms with Gasteiger partial charge in [-0.1, -0.05) is 42.3 Å². The standard InChI is InChI=1S/C15H16F3N/c1-3-8-14(15(16,17)18)19(11-4-2)12-13-9-6-5-7-10-13/h2-3,5-7,9-10,14H,1,8,11-12H2. The van der Waals surface area contributed by atoms with E-state index in [0.29, 0.717) is 0 Å². The first kappa shape index (κ1) is 15.3. The van der Waals surface area contributed by atoms with Crippen LogP contribution in [0.15, 0.2) is 43.0 Å². The molecule has 0 bridgehead atoms. The molecule has 0 aliphatic heterocycles. The molecule has 1 rings (SSSR count). The summed E-state index contributed by atoms with van der Waals surface area (Å²) < 4.78 is 39.1. The lowest BCUT2D eigenvalue weighted by atomic mass is 10.1. The lowest BCUT2D eigenvalue weighted by molar-refractivity contribution is -0.182. The lowest BCUT2D eigenvalue weighted by Crippen LogP contribution is -2.45. The van der Waals surface area contributed by atoms with Crippen molar-refractivity contribution >= 4 is 0 Å². The molecule has 0 aliphatic rings. The van der Waals surface area contributed by atoms with Gasteiger partial charge in [0.25, 0.3) is 0 Å². The van der Waals surface area contributed by atoms with Crippen LogP contribution in [-0.2, 0) is 6.54 Å². The van der Waals surface area contributed by atoms with Crippen LogP contribution in [0.1, 0.15) is 12.0 Å². The van der Waals surface area contributed by atoms with Crippen molar-refractivity contribution in [2.45, 2.75) is 25.2 Å². The highest BCUT2D eigenvalue weighted by Crippen LogP contribution is 2.28. The minimum Gasteiger partial charge on any atom is -0.276 e. The largest absolute Gasteiger partial charge is 0.404 e. The third-order valence-corrected chi connectivity index (χ3v) is 2.73. The van der Waals surface area contributed by atoms with Crippen molar-refractivity contribution in [3.05, 3.63) is 48.6 Å². The second-order valence-corrected chi connectivity index (χ2v) is 4.18. The maximum atomic E-state index is 13.0. The summed E-state index contributed by atoms with van der Waals surface area (Å²) in [7, 11) is 0. The molecular weight excluding hydrogens is 251 g/mol. The Hall–Kier alpha value is -1.73. The minimum absolute atomic E-state index is 0.0487. The molecule has 0 fully saturated rings. The zero-order chi connectivity index (χ0) is 14.3. The smallest absolute Gasteiger partial charge is 0.276 e. The van der Waals surface area contributed by atoms with Crippen LogP contribution in [0.5, 0.6) is 0 Å². The maximum absolute atomic E-state index is 13.0. The summed E-state index contributed by atoms with van der Waals surface area (Å²) in [6.07, 6.45) is 1.96. The number of halogens is 3. The van der Waals surface area contributed by atoms with Crippen molar-refractivity contribution in [2.75, 3.05) is 6.54 Å². The Kier molecular flexibility index (Phi) is 5.65. The molecule has 0 N–H and O–H groups in total. The maximum Gasteiger partial charge on any atom is 0.404 e. The van der Waals surface area contributed by atoms with Crippen LogP contribution in [0.4, 0.5) is 13.2 Å². The third kappa shape index (κ3) is 4.80. The number of alkyl halides is 3. The van der Waals surface area contributed by atoms with Crippen molar-refractivity contribution in [2.24, 2.45) is 0 Å². The summed E-state index contributed by atoms with van der Waals surface area (Å²) in [5.41, 5.74) is 0.802. The third-order valence-electron chi connectivity index (χ3n) is 2.73. The highest BCUT2D eigenvalue weighted by molar-refractivity contribution is 5.15. The van der Waals surface area contributed by atoms with Gasteiger partial charge in [0.05, 0.1) is 6.54 Å². The number of terminal acetylenes is 1. The summed E-state index contributed by atoms with van der Waals surface area (Å²) in [5.74, 6) is 2.29. The molecule has 0 saturated heterocycles. The van der Waals surface area contributed by atoms with E-state index in [-0.39, 0.29) is 19.5 Å². The molecule has 1 nitrogen and oxygen atoms in total. The lowest BCUT2D eigenvalue weighted by Gasteiger charge is -2.31. The molecule has 0 amide bonds. The van der Waals surface area contributed by atoms with Crippen molar-refractivity contribution in [1.29, 1.82) is 0 Å². The van der Waals surface area contributed by atoms with Crippen LogP contribution in [0.2, 0.25) is 0 Å². The van der Waals surface area contributed by atoms with Crippen molar-refractivity contribution in [3.63, 3.8) is 0 Å². The first-order valence-corrected chi connectivity index (χ1v) is 5.88. The number of nitrogens with zero attached hydrogens (tertiary/aromatic N) is 1. The molecule has 102 valence electrons. The molecule has 0 aliphatic carbocycles. The van der Waals surface area contributed by atoms with Crippen LogP contribution in [0.25, 0.3) is 0 Å². The van der Waals surface area contributed by atoms with Gasteiger partial charge in [-0.15, -0.1) is 13.0 Å². The first-order chi connectivity index (χ1) is 8.99. The second kappa shape index (κ2) is 7.01. The van der Waals surface area contributed by atoms with E-state index >= 15 is 0 Å². The number of rotatable bonds is 6. The molecule has 1 aromatic carbocycles. The molecule has 0 spiro atoms. The zero-order valence-electron chi connectivity index (χ0n) is 10.5. The van der Waals surface area contributed by atoms with Gasteiger partial charge < -0.3 is 0 Å². The summed E-state index contributed by atoms with van der Waals surface area (Å²) in [6, 6.07) is 7.37. The van der Waals surface area contributed by atoms with E-state index in [2.05, 4.69) is 12.5 Å². The molecule has 0 aromatic heterocycles. The van der Waals surface area contributed by atoms with E-state index < -0.39 is 12.2 Å². The molecular formula is C15H16F3N. The summed E-state index contributed by atoms with van der Waals surface area (Å²) in [4.78, 5) is 1.25. The Morgan fingerprint density at radius 1 is 1.32 bits per heavy atom. The van der Waals surface area contributed by atoms with E-state index in [0.717, 1.165) is 5.56 Å². The quantitative estimate of drug-likeness (QED) is 0.562. The van der Waals surface area contributed by atoms with Crippen molar-refractivity contribution in [3.8, 4) is 12.3 Å². The van der Waals surface area contributed by atoms with E-state index in [4.69, 9.17) is 6.42 Å². The molecule has 0 heterocycles. The van der Waals surface area contributed by atoms with Crippen LogP contribution in [0, 0.1) is 12.3 Å². The Morgan fingerprint density at radius 3 is 2.42 bits per heavy atom. The van der Waals surface area contributed by atoms with Crippen LogP contribution < -0.4 is 0 Å². The van der Waals surface area contributed by atoms with Crippen molar-refractivity contribution < 1.29 is 13.2 Å². The highest BCUT2D eigenvalue weighted by Gasteiger charge is 2.42. The zero-order valence-corrected chi connectivity index (χ0v) is 10.5.